The molecule has 130 valence electrons. The fourth-order valence-electron chi connectivity index (χ4n) is 2.39. The summed E-state index contributed by atoms with van der Waals surface area (Å²) in [7, 11) is 0. The highest BCUT2D eigenvalue weighted by Crippen LogP contribution is 2.23. The number of carbonyl (C=O) groups excluding carboxylic acids is 1. The van der Waals surface area contributed by atoms with Gasteiger partial charge in [0.2, 0.25) is 5.91 Å². The van der Waals surface area contributed by atoms with Crippen molar-refractivity contribution in [2.75, 3.05) is 23.8 Å². The van der Waals surface area contributed by atoms with Crippen LogP contribution >= 0.6 is 23.7 Å². The van der Waals surface area contributed by atoms with Crippen LogP contribution in [0, 0.1) is 6.92 Å². The average molecular weight is 369 g/mol. The van der Waals surface area contributed by atoms with Crippen molar-refractivity contribution in [3.63, 3.8) is 0 Å². The van der Waals surface area contributed by atoms with Gasteiger partial charge in [-0.1, -0.05) is 0 Å². The van der Waals surface area contributed by atoms with Gasteiger partial charge in [0.1, 0.15) is 5.54 Å². The maximum absolute atomic E-state index is 12.4. The molecule has 4 N–H and O–H groups in total. The molecule has 3 rings (SSSR count). The van der Waals surface area contributed by atoms with E-state index in [2.05, 4.69) is 15.6 Å². The summed E-state index contributed by atoms with van der Waals surface area (Å²) in [6.45, 7) is 3.01. The first kappa shape index (κ1) is 18.7. The number of hydrogen-bond donors (Lipinski definition) is 3. The zero-order valence-corrected chi connectivity index (χ0v) is 15.0. The van der Waals surface area contributed by atoms with Crippen molar-refractivity contribution in [2.45, 2.75) is 25.3 Å². The second kappa shape index (κ2) is 7.94. The molecule has 1 aliphatic rings. The quantitative estimate of drug-likeness (QED) is 0.771. The Bertz CT molecular complexity index is 684. The van der Waals surface area contributed by atoms with Gasteiger partial charge in [0, 0.05) is 30.0 Å². The van der Waals surface area contributed by atoms with E-state index in [1.807, 2.05) is 36.6 Å². The molecule has 24 heavy (non-hydrogen) atoms. The van der Waals surface area contributed by atoms with Gasteiger partial charge in [0.25, 0.3) is 0 Å². The second-order valence-corrected chi connectivity index (χ2v) is 6.58. The van der Waals surface area contributed by atoms with Crippen LogP contribution in [0.15, 0.2) is 29.6 Å². The first-order chi connectivity index (χ1) is 11.0. The van der Waals surface area contributed by atoms with E-state index >= 15 is 0 Å². The van der Waals surface area contributed by atoms with Gasteiger partial charge >= 0.3 is 0 Å². The van der Waals surface area contributed by atoms with E-state index in [-0.39, 0.29) is 18.3 Å². The topological polar surface area (TPSA) is 89.3 Å². The maximum Gasteiger partial charge on any atom is 0.244 e. The minimum atomic E-state index is -0.840. The monoisotopic (exact) mass is 368 g/mol. The molecule has 2 aromatic rings. The number of aryl methyl sites for hydroxylation is 1. The zero-order valence-electron chi connectivity index (χ0n) is 13.4. The lowest BCUT2D eigenvalue weighted by atomic mass is 9.90. The molecule has 1 aromatic carbocycles. The number of hydrogen-bond acceptors (Lipinski definition) is 6. The fourth-order valence-corrected chi connectivity index (χ4v) is 3.10. The van der Waals surface area contributed by atoms with Gasteiger partial charge in [-0.15, -0.1) is 23.7 Å². The second-order valence-electron chi connectivity index (χ2n) is 5.72. The number of thiazole rings is 1. The lowest BCUT2D eigenvalue weighted by Crippen LogP contribution is -2.54. The number of anilines is 3. The lowest BCUT2D eigenvalue weighted by molar-refractivity contribution is -0.124. The highest BCUT2D eigenvalue weighted by Gasteiger charge is 2.35. The third kappa shape index (κ3) is 4.45. The summed E-state index contributed by atoms with van der Waals surface area (Å²) >= 11 is 1.56. The van der Waals surface area contributed by atoms with Gasteiger partial charge in [0.05, 0.1) is 5.69 Å². The van der Waals surface area contributed by atoms with Gasteiger partial charge in [-0.05, 0) is 44.0 Å². The number of nitrogens with one attached hydrogen (secondary N) is 2. The van der Waals surface area contributed by atoms with Gasteiger partial charge in [-0.3, -0.25) is 4.79 Å². The van der Waals surface area contributed by atoms with Crippen molar-refractivity contribution in [3.05, 3.63) is 35.3 Å². The third-order valence-electron chi connectivity index (χ3n) is 3.85. The molecule has 1 amide bonds. The zero-order chi connectivity index (χ0) is 16.3. The van der Waals surface area contributed by atoms with Crippen molar-refractivity contribution in [3.8, 4) is 0 Å². The Kier molecular flexibility index (Phi) is 6.17. The molecule has 1 fully saturated rings. The Morgan fingerprint density at radius 3 is 2.46 bits per heavy atom. The molecule has 1 aliphatic heterocycles. The average Bonchev–Trinajstić information content (AvgIpc) is 2.95. The van der Waals surface area contributed by atoms with Crippen molar-refractivity contribution >= 4 is 46.2 Å². The largest absolute Gasteiger partial charge is 0.381 e. The van der Waals surface area contributed by atoms with E-state index in [0.29, 0.717) is 26.1 Å². The highest BCUT2D eigenvalue weighted by atomic mass is 35.5. The van der Waals surface area contributed by atoms with Gasteiger partial charge in [-0.25, -0.2) is 4.98 Å². The molecule has 1 aromatic heterocycles. The molecule has 0 spiro atoms. The fraction of sp³-hybridized carbons (Fsp3) is 0.375. The molecule has 0 unspecified atom stereocenters. The predicted molar refractivity (Wildman–Crippen MR) is 99.4 cm³/mol. The predicted octanol–water partition coefficient (Wildman–Crippen LogP) is 3.06. The van der Waals surface area contributed by atoms with E-state index in [1.165, 1.54) is 0 Å². The highest BCUT2D eigenvalue weighted by molar-refractivity contribution is 7.13. The van der Waals surface area contributed by atoms with E-state index in [9.17, 15) is 4.79 Å². The number of nitrogens with zero attached hydrogens (tertiary/aromatic N) is 1. The van der Waals surface area contributed by atoms with Gasteiger partial charge in [-0.2, -0.15) is 0 Å². The third-order valence-corrected chi connectivity index (χ3v) is 4.73. The summed E-state index contributed by atoms with van der Waals surface area (Å²) < 4.78 is 5.27. The summed E-state index contributed by atoms with van der Waals surface area (Å²) in [5, 5.41) is 8.96. The van der Waals surface area contributed by atoms with Crippen LogP contribution in [0.25, 0.3) is 0 Å². The van der Waals surface area contributed by atoms with E-state index in [0.717, 1.165) is 22.2 Å². The molecular weight excluding hydrogens is 348 g/mol. The normalized spacial score (nSPS) is 16.1. The minimum absolute atomic E-state index is 0. The van der Waals surface area contributed by atoms with E-state index in [1.54, 1.807) is 11.3 Å². The van der Waals surface area contributed by atoms with Crippen molar-refractivity contribution < 1.29 is 9.53 Å². The smallest absolute Gasteiger partial charge is 0.244 e. The Balaban J connectivity index is 0.00000208. The standard InChI is InChI=1S/C16H20N4O2S.ClH/c1-11-10-23-15(18-11)20-13-4-2-12(3-5-13)19-14(21)16(17)6-8-22-9-7-16;/h2-5,10H,6-9,17H2,1H3,(H,18,20)(H,19,21);1H. The number of rotatable bonds is 4. The van der Waals surface area contributed by atoms with E-state index in [4.69, 9.17) is 10.5 Å². The summed E-state index contributed by atoms with van der Waals surface area (Å²) in [5.74, 6) is -0.156. The Morgan fingerprint density at radius 1 is 1.25 bits per heavy atom. The number of carbonyl (C=O) groups is 1. The SMILES string of the molecule is Cc1csc(Nc2ccc(NC(=O)C3(N)CCOCC3)cc2)n1.Cl. The number of nitrogens with two attached hydrogens (primary N) is 1. The van der Waals surface area contributed by atoms with Crippen LogP contribution in [0.3, 0.4) is 0 Å². The van der Waals surface area contributed by atoms with Crippen molar-refractivity contribution in [1.29, 1.82) is 0 Å². The molecule has 6 nitrogen and oxygen atoms in total. The summed E-state index contributed by atoms with van der Waals surface area (Å²) in [6.07, 6.45) is 1.09. The van der Waals surface area contributed by atoms with Crippen LogP contribution in [0.5, 0.6) is 0 Å². The molecule has 0 radical (unpaired) electrons. The number of ether oxygens (including phenoxy) is 1. The number of benzene rings is 1. The molecular formula is C16H21ClN4O2S. The molecule has 1 saturated heterocycles. The van der Waals surface area contributed by atoms with Crippen LogP contribution in [0.1, 0.15) is 18.5 Å². The van der Waals surface area contributed by atoms with Crippen molar-refractivity contribution in [2.24, 2.45) is 5.73 Å². The molecule has 0 atom stereocenters. The minimum Gasteiger partial charge on any atom is -0.381 e. The molecule has 0 bridgehead atoms. The van der Waals surface area contributed by atoms with Crippen LogP contribution in [-0.2, 0) is 9.53 Å². The summed E-state index contributed by atoms with van der Waals surface area (Å²) in [6, 6.07) is 7.51. The lowest BCUT2D eigenvalue weighted by Gasteiger charge is -2.31. The Labute approximate surface area is 151 Å². The molecule has 2 heterocycles. The number of aromatic nitrogens is 1. The van der Waals surface area contributed by atoms with Crippen LogP contribution in [0.4, 0.5) is 16.5 Å². The van der Waals surface area contributed by atoms with Gasteiger partial charge in [0.15, 0.2) is 5.13 Å². The van der Waals surface area contributed by atoms with Gasteiger partial charge < -0.3 is 21.1 Å². The number of halogens is 1. The van der Waals surface area contributed by atoms with Crippen LogP contribution < -0.4 is 16.4 Å². The molecule has 0 saturated carbocycles. The first-order valence-electron chi connectivity index (χ1n) is 7.52. The van der Waals surface area contributed by atoms with Crippen LogP contribution in [-0.4, -0.2) is 29.6 Å². The molecule has 8 heteroatoms. The number of amides is 1. The summed E-state index contributed by atoms with van der Waals surface area (Å²) in [4.78, 5) is 16.7. The molecule has 0 aliphatic carbocycles. The van der Waals surface area contributed by atoms with Crippen LogP contribution in [0.2, 0.25) is 0 Å². The van der Waals surface area contributed by atoms with Crippen molar-refractivity contribution in [1.82, 2.24) is 4.98 Å². The van der Waals surface area contributed by atoms with E-state index < -0.39 is 5.54 Å². The Hall–Kier alpha value is -1.67. The summed E-state index contributed by atoms with van der Waals surface area (Å²) in [5.41, 5.74) is 7.98. The maximum atomic E-state index is 12.4. The Morgan fingerprint density at radius 2 is 1.88 bits per heavy atom. The first-order valence-corrected chi connectivity index (χ1v) is 8.40.